The SMILES string of the molecule is CC1CC(C(=O)O)CN(C(=O)NCCCN(C)c2ccccc2F)C1. The number of anilines is 1. The van der Waals surface area contributed by atoms with Crippen molar-refractivity contribution in [3.05, 3.63) is 30.1 Å². The van der Waals surface area contributed by atoms with Crippen LogP contribution in [0.25, 0.3) is 0 Å². The summed E-state index contributed by atoms with van der Waals surface area (Å²) < 4.78 is 13.7. The number of hydrogen-bond donors (Lipinski definition) is 2. The molecule has 0 radical (unpaired) electrons. The van der Waals surface area contributed by atoms with Crippen LogP contribution in [-0.2, 0) is 4.79 Å². The Bertz CT molecular complexity index is 611. The number of hydrogen-bond acceptors (Lipinski definition) is 3. The van der Waals surface area contributed by atoms with Crippen LogP contribution in [0.3, 0.4) is 0 Å². The number of halogens is 1. The molecule has 1 aliphatic heterocycles. The number of rotatable bonds is 6. The van der Waals surface area contributed by atoms with Gasteiger partial charge in [-0.2, -0.15) is 0 Å². The summed E-state index contributed by atoms with van der Waals surface area (Å²) in [4.78, 5) is 26.8. The number of piperidine rings is 1. The Morgan fingerprint density at radius 1 is 1.36 bits per heavy atom. The van der Waals surface area contributed by atoms with E-state index >= 15 is 0 Å². The van der Waals surface area contributed by atoms with Crippen molar-refractivity contribution in [2.45, 2.75) is 19.8 Å². The number of nitrogens with one attached hydrogen (secondary N) is 1. The highest BCUT2D eigenvalue weighted by Gasteiger charge is 2.31. The molecular weight excluding hydrogens is 325 g/mol. The van der Waals surface area contributed by atoms with Crippen LogP contribution in [-0.4, -0.2) is 55.2 Å². The largest absolute Gasteiger partial charge is 0.481 e. The predicted octanol–water partition coefficient (Wildman–Crippen LogP) is 2.40. The highest BCUT2D eigenvalue weighted by molar-refractivity contribution is 5.76. The average Bonchev–Trinajstić information content (AvgIpc) is 2.58. The van der Waals surface area contributed by atoms with Crippen LogP contribution < -0.4 is 10.2 Å². The van der Waals surface area contributed by atoms with E-state index in [9.17, 15) is 14.0 Å². The summed E-state index contributed by atoms with van der Waals surface area (Å²) in [5.74, 6) is -1.44. The summed E-state index contributed by atoms with van der Waals surface area (Å²) in [5, 5.41) is 12.0. The van der Waals surface area contributed by atoms with Crippen molar-refractivity contribution in [1.82, 2.24) is 10.2 Å². The van der Waals surface area contributed by atoms with Gasteiger partial charge in [-0.05, 0) is 30.9 Å². The molecule has 0 aliphatic carbocycles. The number of para-hydroxylation sites is 1. The number of urea groups is 1. The van der Waals surface area contributed by atoms with Crippen LogP contribution in [0.4, 0.5) is 14.9 Å². The van der Waals surface area contributed by atoms with E-state index in [-0.39, 0.29) is 24.3 Å². The molecule has 1 saturated heterocycles. The maximum atomic E-state index is 13.7. The molecule has 0 bridgehead atoms. The van der Waals surface area contributed by atoms with Crippen molar-refractivity contribution in [2.75, 3.05) is 38.1 Å². The number of carboxylic acid groups (broad SMARTS) is 1. The Labute approximate surface area is 147 Å². The van der Waals surface area contributed by atoms with Gasteiger partial charge in [-0.3, -0.25) is 4.79 Å². The van der Waals surface area contributed by atoms with Crippen molar-refractivity contribution < 1.29 is 19.1 Å². The predicted molar refractivity (Wildman–Crippen MR) is 94.2 cm³/mol. The normalized spacial score (nSPS) is 20.2. The van der Waals surface area contributed by atoms with Gasteiger partial charge >= 0.3 is 12.0 Å². The van der Waals surface area contributed by atoms with E-state index in [0.29, 0.717) is 38.2 Å². The van der Waals surface area contributed by atoms with Crippen molar-refractivity contribution in [1.29, 1.82) is 0 Å². The lowest BCUT2D eigenvalue weighted by molar-refractivity contribution is -0.143. The quantitative estimate of drug-likeness (QED) is 0.772. The third kappa shape index (κ3) is 5.34. The minimum atomic E-state index is -0.851. The van der Waals surface area contributed by atoms with Crippen LogP contribution in [0.2, 0.25) is 0 Å². The Hall–Kier alpha value is -2.31. The molecule has 7 heteroatoms. The van der Waals surface area contributed by atoms with E-state index in [1.54, 1.807) is 23.1 Å². The number of carbonyl (C=O) groups is 2. The molecule has 2 rings (SSSR count). The second-order valence-corrected chi connectivity index (χ2v) is 6.74. The number of carbonyl (C=O) groups excluding carboxylic acids is 1. The standard InChI is InChI=1S/C18H26FN3O3/c1-13-10-14(17(23)24)12-22(11-13)18(25)20-8-5-9-21(2)16-7-4-3-6-15(16)19/h3-4,6-7,13-14H,5,8-12H2,1-2H3,(H,20,25)(H,23,24). The summed E-state index contributed by atoms with van der Waals surface area (Å²) in [5.41, 5.74) is 0.531. The van der Waals surface area contributed by atoms with Gasteiger partial charge < -0.3 is 20.2 Å². The van der Waals surface area contributed by atoms with Gasteiger partial charge in [0.1, 0.15) is 5.82 Å². The molecule has 1 aromatic rings. The molecule has 0 saturated carbocycles. The second-order valence-electron chi connectivity index (χ2n) is 6.74. The first kappa shape index (κ1) is 19.0. The summed E-state index contributed by atoms with van der Waals surface area (Å²) in [7, 11) is 1.81. The molecule has 1 fully saturated rings. The minimum absolute atomic E-state index is 0.174. The number of benzene rings is 1. The van der Waals surface area contributed by atoms with Crippen LogP contribution in [0.15, 0.2) is 24.3 Å². The molecule has 25 heavy (non-hydrogen) atoms. The van der Waals surface area contributed by atoms with Crippen LogP contribution >= 0.6 is 0 Å². The third-order valence-electron chi connectivity index (χ3n) is 4.51. The summed E-state index contributed by atoms with van der Waals surface area (Å²) in [6.07, 6.45) is 1.27. The van der Waals surface area contributed by atoms with E-state index in [1.165, 1.54) is 6.07 Å². The highest BCUT2D eigenvalue weighted by atomic mass is 19.1. The number of amides is 2. The third-order valence-corrected chi connectivity index (χ3v) is 4.51. The van der Waals surface area contributed by atoms with Gasteiger partial charge in [0.25, 0.3) is 0 Å². The fourth-order valence-corrected chi connectivity index (χ4v) is 3.20. The lowest BCUT2D eigenvalue weighted by Gasteiger charge is -2.34. The maximum absolute atomic E-state index is 13.7. The monoisotopic (exact) mass is 351 g/mol. The van der Waals surface area contributed by atoms with Gasteiger partial charge in [0.2, 0.25) is 0 Å². The van der Waals surface area contributed by atoms with Gasteiger partial charge in [-0.25, -0.2) is 9.18 Å². The van der Waals surface area contributed by atoms with Gasteiger partial charge in [0.05, 0.1) is 11.6 Å². The van der Waals surface area contributed by atoms with Crippen molar-refractivity contribution in [3.8, 4) is 0 Å². The first-order chi connectivity index (χ1) is 11.9. The lowest BCUT2D eigenvalue weighted by atomic mass is 9.91. The topological polar surface area (TPSA) is 72.9 Å². The molecule has 1 aromatic carbocycles. The van der Waals surface area contributed by atoms with Crippen LogP contribution in [0.5, 0.6) is 0 Å². The Balaban J connectivity index is 1.75. The molecule has 1 heterocycles. The van der Waals surface area contributed by atoms with Gasteiger partial charge in [0.15, 0.2) is 0 Å². The summed E-state index contributed by atoms with van der Waals surface area (Å²) >= 11 is 0. The minimum Gasteiger partial charge on any atom is -0.481 e. The molecule has 2 unspecified atom stereocenters. The lowest BCUT2D eigenvalue weighted by Crippen LogP contribution is -2.49. The van der Waals surface area contributed by atoms with Gasteiger partial charge in [-0.15, -0.1) is 0 Å². The van der Waals surface area contributed by atoms with Crippen molar-refractivity contribution in [3.63, 3.8) is 0 Å². The molecule has 6 nitrogen and oxygen atoms in total. The van der Waals surface area contributed by atoms with E-state index in [4.69, 9.17) is 5.11 Å². The molecule has 2 amide bonds. The van der Waals surface area contributed by atoms with Crippen LogP contribution in [0.1, 0.15) is 19.8 Å². The number of nitrogens with zero attached hydrogens (tertiary/aromatic N) is 2. The molecular formula is C18H26FN3O3. The molecule has 0 spiro atoms. The Kier molecular flexibility index (Phi) is 6.61. The molecule has 2 N–H and O–H groups in total. The Morgan fingerprint density at radius 2 is 2.08 bits per heavy atom. The number of aliphatic carboxylic acids is 1. The smallest absolute Gasteiger partial charge is 0.317 e. The first-order valence-corrected chi connectivity index (χ1v) is 8.59. The zero-order chi connectivity index (χ0) is 18.4. The van der Waals surface area contributed by atoms with Gasteiger partial charge in [0, 0.05) is 33.2 Å². The zero-order valence-electron chi connectivity index (χ0n) is 14.7. The first-order valence-electron chi connectivity index (χ1n) is 8.59. The van der Waals surface area contributed by atoms with E-state index in [0.717, 1.165) is 0 Å². The zero-order valence-corrected chi connectivity index (χ0v) is 14.7. The fraction of sp³-hybridized carbons (Fsp3) is 0.556. The van der Waals surface area contributed by atoms with Gasteiger partial charge in [-0.1, -0.05) is 19.1 Å². The van der Waals surface area contributed by atoms with Crippen molar-refractivity contribution in [2.24, 2.45) is 11.8 Å². The van der Waals surface area contributed by atoms with E-state index in [1.807, 2.05) is 18.9 Å². The fourth-order valence-electron chi connectivity index (χ4n) is 3.20. The molecule has 0 aromatic heterocycles. The van der Waals surface area contributed by atoms with E-state index in [2.05, 4.69) is 5.32 Å². The maximum Gasteiger partial charge on any atom is 0.317 e. The Morgan fingerprint density at radius 3 is 2.76 bits per heavy atom. The second kappa shape index (κ2) is 8.69. The summed E-state index contributed by atoms with van der Waals surface area (Å²) in [6.45, 7) is 3.85. The molecule has 138 valence electrons. The molecule has 2 atom stereocenters. The summed E-state index contributed by atoms with van der Waals surface area (Å²) in [6, 6.07) is 6.34. The average molecular weight is 351 g/mol. The number of likely N-dealkylation sites (tertiary alicyclic amines) is 1. The number of carboxylic acids is 1. The van der Waals surface area contributed by atoms with Crippen LogP contribution in [0, 0.1) is 17.7 Å². The van der Waals surface area contributed by atoms with E-state index < -0.39 is 11.9 Å². The highest BCUT2D eigenvalue weighted by Crippen LogP contribution is 2.21. The molecule has 1 aliphatic rings. The van der Waals surface area contributed by atoms with Crippen molar-refractivity contribution >= 4 is 17.7 Å².